The molecule has 0 bridgehead atoms. The third kappa shape index (κ3) is 4.03. The number of nitrogens with two attached hydrogens (primary N) is 1. The van der Waals surface area contributed by atoms with Crippen LogP contribution in [-0.2, 0) is 4.79 Å². The van der Waals surface area contributed by atoms with Crippen LogP contribution in [0.15, 0.2) is 52.9 Å². The molecule has 0 unspecified atom stereocenters. The molecule has 4 nitrogen and oxygen atoms in total. The molecule has 0 radical (unpaired) electrons. The Balaban J connectivity index is 1.57. The van der Waals surface area contributed by atoms with Crippen molar-refractivity contribution in [2.75, 3.05) is 11.5 Å². The minimum absolute atomic E-state index is 0.000495. The van der Waals surface area contributed by atoms with E-state index in [1.54, 1.807) is 11.3 Å². The van der Waals surface area contributed by atoms with E-state index in [0.29, 0.717) is 5.75 Å². The fourth-order valence-electron chi connectivity index (χ4n) is 2.22. The van der Waals surface area contributed by atoms with Gasteiger partial charge in [-0.05, 0) is 30.7 Å². The van der Waals surface area contributed by atoms with E-state index in [1.807, 2.05) is 55.5 Å². The lowest BCUT2D eigenvalue weighted by Gasteiger charge is -2.13. The number of benzene rings is 2. The van der Waals surface area contributed by atoms with Gasteiger partial charge in [0.1, 0.15) is 0 Å². The van der Waals surface area contributed by atoms with Crippen molar-refractivity contribution in [2.24, 2.45) is 0 Å². The Morgan fingerprint density at radius 1 is 1.30 bits per heavy atom. The number of anilines is 1. The molecule has 0 aliphatic heterocycles. The zero-order chi connectivity index (χ0) is 16.2. The smallest absolute Gasteiger partial charge is 0.230 e. The van der Waals surface area contributed by atoms with Gasteiger partial charge in [-0.25, -0.2) is 4.98 Å². The van der Waals surface area contributed by atoms with Crippen LogP contribution < -0.4 is 11.1 Å². The summed E-state index contributed by atoms with van der Waals surface area (Å²) in [5.41, 5.74) is 8.52. The van der Waals surface area contributed by atoms with Crippen LogP contribution >= 0.6 is 23.1 Å². The van der Waals surface area contributed by atoms with Crippen LogP contribution in [-0.4, -0.2) is 16.6 Å². The van der Waals surface area contributed by atoms with E-state index >= 15 is 0 Å². The minimum Gasteiger partial charge on any atom is -0.399 e. The first-order valence-electron chi connectivity index (χ1n) is 7.25. The summed E-state index contributed by atoms with van der Waals surface area (Å²) in [6, 6.07) is 15.6. The quantitative estimate of drug-likeness (QED) is 0.545. The molecule has 0 fully saturated rings. The second-order valence-electron chi connectivity index (χ2n) is 5.20. The van der Waals surface area contributed by atoms with Gasteiger partial charge in [0.25, 0.3) is 0 Å². The topological polar surface area (TPSA) is 68.0 Å². The molecule has 23 heavy (non-hydrogen) atoms. The van der Waals surface area contributed by atoms with Crippen LogP contribution in [0.4, 0.5) is 5.69 Å². The van der Waals surface area contributed by atoms with Crippen LogP contribution in [0.1, 0.15) is 18.5 Å². The van der Waals surface area contributed by atoms with Crippen molar-refractivity contribution >= 4 is 44.9 Å². The van der Waals surface area contributed by atoms with E-state index in [9.17, 15) is 4.79 Å². The maximum absolute atomic E-state index is 12.1. The number of carbonyl (C=O) groups is 1. The average Bonchev–Trinajstić information content (AvgIpc) is 2.95. The number of rotatable bonds is 5. The minimum atomic E-state index is -0.000495. The zero-order valence-corrected chi connectivity index (χ0v) is 14.3. The number of thiazole rings is 1. The number of amides is 1. The molecule has 118 valence electrons. The monoisotopic (exact) mass is 343 g/mol. The van der Waals surface area contributed by atoms with Crippen LogP contribution in [0, 0.1) is 0 Å². The van der Waals surface area contributed by atoms with Gasteiger partial charge >= 0.3 is 0 Å². The van der Waals surface area contributed by atoms with E-state index < -0.39 is 0 Å². The van der Waals surface area contributed by atoms with E-state index in [4.69, 9.17) is 5.73 Å². The lowest BCUT2D eigenvalue weighted by Crippen LogP contribution is -2.28. The molecule has 3 rings (SSSR count). The highest BCUT2D eigenvalue weighted by molar-refractivity contribution is 8.01. The number of nitrogens with one attached hydrogen (secondary N) is 1. The van der Waals surface area contributed by atoms with Gasteiger partial charge in [0, 0.05) is 5.69 Å². The summed E-state index contributed by atoms with van der Waals surface area (Å²) in [5, 5.41) is 3.01. The average molecular weight is 343 g/mol. The number of nitrogen functional groups attached to an aromatic ring is 1. The number of hydrogen-bond donors (Lipinski definition) is 2. The lowest BCUT2D eigenvalue weighted by molar-refractivity contribution is -0.119. The van der Waals surface area contributed by atoms with Gasteiger partial charge in [0.2, 0.25) is 5.91 Å². The first-order chi connectivity index (χ1) is 11.1. The fraction of sp³-hybridized carbons (Fsp3) is 0.176. The molecule has 0 aliphatic rings. The second-order valence-corrected chi connectivity index (χ2v) is 7.45. The Morgan fingerprint density at radius 2 is 2.09 bits per heavy atom. The van der Waals surface area contributed by atoms with E-state index in [2.05, 4.69) is 10.3 Å². The van der Waals surface area contributed by atoms with Crippen molar-refractivity contribution in [3.63, 3.8) is 0 Å². The molecule has 0 saturated heterocycles. The maximum atomic E-state index is 12.1. The van der Waals surface area contributed by atoms with Gasteiger partial charge in [0.15, 0.2) is 4.34 Å². The van der Waals surface area contributed by atoms with Crippen LogP contribution in [0.2, 0.25) is 0 Å². The third-order valence-corrected chi connectivity index (χ3v) is 5.56. The van der Waals surface area contributed by atoms with Gasteiger partial charge in [-0.15, -0.1) is 11.3 Å². The van der Waals surface area contributed by atoms with Crippen molar-refractivity contribution < 1.29 is 4.79 Å². The summed E-state index contributed by atoms with van der Waals surface area (Å²) in [7, 11) is 0. The first kappa shape index (κ1) is 15.8. The molecule has 3 aromatic rings. The van der Waals surface area contributed by atoms with Gasteiger partial charge in [-0.2, -0.15) is 0 Å². The highest BCUT2D eigenvalue weighted by atomic mass is 32.2. The van der Waals surface area contributed by atoms with Gasteiger partial charge in [0.05, 0.1) is 22.0 Å². The van der Waals surface area contributed by atoms with Gasteiger partial charge in [-0.3, -0.25) is 4.79 Å². The largest absolute Gasteiger partial charge is 0.399 e. The van der Waals surface area contributed by atoms with E-state index in [1.165, 1.54) is 11.8 Å². The van der Waals surface area contributed by atoms with Crippen molar-refractivity contribution in [1.82, 2.24) is 10.3 Å². The molecular weight excluding hydrogens is 326 g/mol. The molecule has 1 amide bonds. The summed E-state index contributed by atoms with van der Waals surface area (Å²) < 4.78 is 1.93. The number of hydrogen-bond acceptors (Lipinski definition) is 5. The van der Waals surface area contributed by atoms with Crippen LogP contribution in [0.5, 0.6) is 0 Å². The predicted molar refractivity (Wildman–Crippen MR) is 97.8 cm³/mol. The van der Waals surface area contributed by atoms with Crippen molar-refractivity contribution in [3.8, 4) is 0 Å². The van der Waals surface area contributed by atoms with Gasteiger partial charge < -0.3 is 11.1 Å². The first-order valence-corrected chi connectivity index (χ1v) is 9.05. The van der Waals surface area contributed by atoms with Crippen molar-refractivity contribution in [2.45, 2.75) is 17.3 Å². The second kappa shape index (κ2) is 7.02. The summed E-state index contributed by atoms with van der Waals surface area (Å²) >= 11 is 3.01. The Morgan fingerprint density at radius 3 is 2.87 bits per heavy atom. The number of aromatic nitrogens is 1. The lowest BCUT2D eigenvalue weighted by atomic mass is 10.1. The van der Waals surface area contributed by atoms with E-state index in [0.717, 1.165) is 25.8 Å². The predicted octanol–water partition coefficient (Wildman–Crippen LogP) is 3.85. The van der Waals surface area contributed by atoms with Crippen LogP contribution in [0.25, 0.3) is 10.2 Å². The summed E-state index contributed by atoms with van der Waals surface area (Å²) in [5.74, 6) is 0.358. The van der Waals surface area contributed by atoms with Gasteiger partial charge in [-0.1, -0.05) is 42.1 Å². The Hall–Kier alpha value is -2.05. The zero-order valence-electron chi connectivity index (χ0n) is 12.7. The number of fused-ring (bicyclic) bond motifs is 1. The molecule has 2 aromatic carbocycles. The third-order valence-electron chi connectivity index (χ3n) is 3.40. The molecule has 1 atom stereocenters. The molecule has 3 N–H and O–H groups in total. The summed E-state index contributed by atoms with van der Waals surface area (Å²) in [6.45, 7) is 1.98. The molecule has 0 saturated carbocycles. The maximum Gasteiger partial charge on any atom is 0.230 e. The number of thioether (sulfide) groups is 1. The fourth-order valence-corrected chi connectivity index (χ4v) is 4.15. The molecule has 1 heterocycles. The standard InChI is InChI=1S/C17H17N3OS2/c1-11(12-5-3-2-4-6-12)19-16(21)10-22-17-20-14-8-7-13(18)9-15(14)23-17/h2-9,11H,10,18H2,1H3,(H,19,21)/t11-/m0/s1. The Kier molecular flexibility index (Phi) is 4.83. The van der Waals surface area contributed by atoms with Crippen LogP contribution in [0.3, 0.4) is 0 Å². The summed E-state index contributed by atoms with van der Waals surface area (Å²) in [6.07, 6.45) is 0. The number of nitrogens with zero attached hydrogens (tertiary/aromatic N) is 1. The molecular formula is C17H17N3OS2. The van der Waals surface area contributed by atoms with E-state index in [-0.39, 0.29) is 11.9 Å². The Labute approximate surface area is 143 Å². The molecule has 1 aromatic heterocycles. The highest BCUT2D eigenvalue weighted by Gasteiger charge is 2.11. The SMILES string of the molecule is C[C@H](NC(=O)CSc1nc2ccc(N)cc2s1)c1ccccc1. The highest BCUT2D eigenvalue weighted by Crippen LogP contribution is 2.30. The normalized spacial score (nSPS) is 12.2. The molecule has 6 heteroatoms. The van der Waals surface area contributed by atoms with Crippen molar-refractivity contribution in [3.05, 3.63) is 54.1 Å². The molecule has 0 aliphatic carbocycles. The summed E-state index contributed by atoms with van der Waals surface area (Å²) in [4.78, 5) is 16.6. The Bertz CT molecular complexity index is 817. The van der Waals surface area contributed by atoms with Crippen molar-refractivity contribution in [1.29, 1.82) is 0 Å². The number of carbonyl (C=O) groups excluding carboxylic acids is 1. The molecule has 0 spiro atoms.